The molecule has 0 N–H and O–H groups in total. The molecule has 1 aliphatic heterocycles. The lowest BCUT2D eigenvalue weighted by Gasteiger charge is -2.32. The van der Waals surface area contributed by atoms with Crippen LogP contribution in [0.25, 0.3) is 0 Å². The molecule has 1 atom stereocenters. The molecule has 0 radical (unpaired) electrons. The van der Waals surface area contributed by atoms with Crippen LogP contribution in [-0.2, 0) is 11.3 Å². The molecule has 88 valence electrons. The Kier molecular flexibility index (Phi) is 4.31. The summed E-state index contributed by atoms with van der Waals surface area (Å²) in [5.41, 5.74) is 1.17. The van der Waals surface area contributed by atoms with Gasteiger partial charge in [0.15, 0.2) is 0 Å². The molecule has 1 aromatic heterocycles. The maximum absolute atomic E-state index is 5.24. The molecule has 3 heteroatoms. The van der Waals surface area contributed by atoms with Crippen molar-refractivity contribution in [2.45, 2.75) is 19.4 Å². The van der Waals surface area contributed by atoms with E-state index in [-0.39, 0.29) is 0 Å². The summed E-state index contributed by atoms with van der Waals surface area (Å²) in [5, 5.41) is 0. The zero-order valence-corrected chi connectivity index (χ0v) is 9.93. The first kappa shape index (κ1) is 11.6. The van der Waals surface area contributed by atoms with Crippen LogP contribution in [0.1, 0.15) is 18.5 Å². The molecule has 16 heavy (non-hydrogen) atoms. The van der Waals surface area contributed by atoms with Crippen LogP contribution in [0.4, 0.5) is 0 Å². The molecule has 0 unspecified atom stereocenters. The van der Waals surface area contributed by atoms with Crippen LogP contribution in [0.3, 0.4) is 0 Å². The smallest absolute Gasteiger partial charge is 0.0543 e. The molecule has 2 rings (SSSR count). The van der Waals surface area contributed by atoms with Gasteiger partial charge in [0.05, 0.1) is 12.3 Å². The van der Waals surface area contributed by atoms with Crippen molar-refractivity contribution in [2.24, 2.45) is 5.92 Å². The number of nitrogens with zero attached hydrogens (tertiary/aromatic N) is 2. The number of piperidine rings is 1. The molecule has 1 aliphatic rings. The fraction of sp³-hybridized carbons (Fsp3) is 0.615. The quantitative estimate of drug-likeness (QED) is 0.775. The molecule has 3 nitrogen and oxygen atoms in total. The fourth-order valence-corrected chi connectivity index (χ4v) is 2.39. The van der Waals surface area contributed by atoms with E-state index in [1.165, 1.54) is 25.1 Å². The minimum absolute atomic E-state index is 0.697. The van der Waals surface area contributed by atoms with Crippen molar-refractivity contribution in [1.82, 2.24) is 9.88 Å². The van der Waals surface area contributed by atoms with Gasteiger partial charge < -0.3 is 4.74 Å². The predicted molar refractivity (Wildman–Crippen MR) is 64.1 cm³/mol. The topological polar surface area (TPSA) is 25.4 Å². The third-order valence-corrected chi connectivity index (χ3v) is 3.12. The van der Waals surface area contributed by atoms with Gasteiger partial charge in [-0.2, -0.15) is 0 Å². The Morgan fingerprint density at radius 2 is 2.44 bits per heavy atom. The Hall–Kier alpha value is -0.930. The van der Waals surface area contributed by atoms with E-state index in [1.54, 1.807) is 7.11 Å². The SMILES string of the molecule is COC[C@H]1CCCN(Cc2ccccn2)C1. The van der Waals surface area contributed by atoms with Gasteiger partial charge in [0.25, 0.3) is 0 Å². The Morgan fingerprint density at radius 1 is 1.50 bits per heavy atom. The molecule has 2 heterocycles. The molecule has 0 bridgehead atoms. The average Bonchev–Trinajstić information content (AvgIpc) is 2.31. The van der Waals surface area contributed by atoms with Gasteiger partial charge >= 0.3 is 0 Å². The maximum atomic E-state index is 5.24. The van der Waals surface area contributed by atoms with Crippen LogP contribution < -0.4 is 0 Å². The van der Waals surface area contributed by atoms with Gasteiger partial charge in [-0.3, -0.25) is 9.88 Å². The van der Waals surface area contributed by atoms with E-state index in [9.17, 15) is 0 Å². The lowest BCUT2D eigenvalue weighted by atomic mass is 9.99. The zero-order valence-electron chi connectivity index (χ0n) is 9.93. The van der Waals surface area contributed by atoms with E-state index in [0.29, 0.717) is 5.92 Å². The summed E-state index contributed by atoms with van der Waals surface area (Å²) in [5.74, 6) is 0.697. The molecule has 0 aliphatic carbocycles. The van der Waals surface area contributed by atoms with Gasteiger partial charge in [-0.25, -0.2) is 0 Å². The monoisotopic (exact) mass is 220 g/mol. The standard InChI is InChI=1S/C13H20N2O/c1-16-11-12-5-4-8-15(9-12)10-13-6-2-3-7-14-13/h2-3,6-7,12H,4-5,8-11H2,1H3/t12-/m0/s1. The largest absolute Gasteiger partial charge is 0.384 e. The van der Waals surface area contributed by atoms with Crippen LogP contribution in [-0.4, -0.2) is 36.7 Å². The van der Waals surface area contributed by atoms with E-state index in [0.717, 1.165) is 19.7 Å². The molecule has 1 fully saturated rings. The second kappa shape index (κ2) is 5.97. The lowest BCUT2D eigenvalue weighted by Crippen LogP contribution is -2.36. The number of methoxy groups -OCH3 is 1. The Bertz CT molecular complexity index is 300. The number of rotatable bonds is 4. The third-order valence-electron chi connectivity index (χ3n) is 3.12. The first-order chi connectivity index (χ1) is 7.88. The molecule has 1 saturated heterocycles. The second-order valence-electron chi connectivity index (χ2n) is 4.52. The minimum Gasteiger partial charge on any atom is -0.384 e. The Morgan fingerprint density at radius 3 is 3.19 bits per heavy atom. The maximum Gasteiger partial charge on any atom is 0.0543 e. The van der Waals surface area contributed by atoms with Crippen LogP contribution in [0, 0.1) is 5.92 Å². The first-order valence-electron chi connectivity index (χ1n) is 5.99. The molecule has 1 aromatic rings. The van der Waals surface area contributed by atoms with Gasteiger partial charge in [0, 0.05) is 26.4 Å². The summed E-state index contributed by atoms with van der Waals surface area (Å²) >= 11 is 0. The zero-order chi connectivity index (χ0) is 11.2. The van der Waals surface area contributed by atoms with Crippen molar-refractivity contribution in [3.8, 4) is 0 Å². The van der Waals surface area contributed by atoms with Crippen molar-refractivity contribution < 1.29 is 4.74 Å². The Labute approximate surface area is 97.4 Å². The van der Waals surface area contributed by atoms with Crippen molar-refractivity contribution in [3.63, 3.8) is 0 Å². The molecular weight excluding hydrogens is 200 g/mol. The van der Waals surface area contributed by atoms with Gasteiger partial charge in [0.2, 0.25) is 0 Å². The van der Waals surface area contributed by atoms with Crippen LogP contribution in [0.5, 0.6) is 0 Å². The van der Waals surface area contributed by atoms with Crippen molar-refractivity contribution >= 4 is 0 Å². The number of hydrogen-bond acceptors (Lipinski definition) is 3. The number of ether oxygens (including phenoxy) is 1. The summed E-state index contributed by atoms with van der Waals surface area (Å²) in [6, 6.07) is 6.12. The van der Waals surface area contributed by atoms with Crippen molar-refractivity contribution in [2.75, 3.05) is 26.8 Å². The minimum atomic E-state index is 0.697. The van der Waals surface area contributed by atoms with Crippen LogP contribution in [0.15, 0.2) is 24.4 Å². The second-order valence-corrected chi connectivity index (χ2v) is 4.52. The summed E-state index contributed by atoms with van der Waals surface area (Å²) < 4.78 is 5.24. The predicted octanol–water partition coefficient (Wildman–Crippen LogP) is 1.94. The van der Waals surface area contributed by atoms with E-state index in [1.807, 2.05) is 12.3 Å². The van der Waals surface area contributed by atoms with Gasteiger partial charge in [-0.05, 0) is 37.4 Å². The van der Waals surface area contributed by atoms with Crippen LogP contribution in [0.2, 0.25) is 0 Å². The van der Waals surface area contributed by atoms with Gasteiger partial charge in [-0.1, -0.05) is 6.07 Å². The molecule has 0 aromatic carbocycles. The molecular formula is C13H20N2O. The summed E-state index contributed by atoms with van der Waals surface area (Å²) in [6.07, 6.45) is 4.44. The fourth-order valence-electron chi connectivity index (χ4n) is 2.39. The highest BCUT2D eigenvalue weighted by Crippen LogP contribution is 2.17. The Balaban J connectivity index is 1.85. The molecule has 0 saturated carbocycles. The number of hydrogen-bond donors (Lipinski definition) is 0. The summed E-state index contributed by atoms with van der Waals surface area (Å²) in [6.45, 7) is 4.20. The van der Waals surface area contributed by atoms with Crippen molar-refractivity contribution in [1.29, 1.82) is 0 Å². The van der Waals surface area contributed by atoms with E-state index in [2.05, 4.69) is 22.0 Å². The van der Waals surface area contributed by atoms with Gasteiger partial charge in [-0.15, -0.1) is 0 Å². The van der Waals surface area contributed by atoms with Gasteiger partial charge in [0.1, 0.15) is 0 Å². The lowest BCUT2D eigenvalue weighted by molar-refractivity contribution is 0.0868. The van der Waals surface area contributed by atoms with E-state index >= 15 is 0 Å². The van der Waals surface area contributed by atoms with E-state index < -0.39 is 0 Å². The van der Waals surface area contributed by atoms with E-state index in [4.69, 9.17) is 4.74 Å². The van der Waals surface area contributed by atoms with Crippen LogP contribution >= 0.6 is 0 Å². The summed E-state index contributed by atoms with van der Waals surface area (Å²) in [4.78, 5) is 6.85. The average molecular weight is 220 g/mol. The highest BCUT2D eigenvalue weighted by atomic mass is 16.5. The summed E-state index contributed by atoms with van der Waals surface area (Å²) in [7, 11) is 1.79. The number of aromatic nitrogens is 1. The molecule has 0 amide bonds. The highest BCUT2D eigenvalue weighted by Gasteiger charge is 2.19. The first-order valence-corrected chi connectivity index (χ1v) is 5.99. The molecule has 0 spiro atoms. The number of pyridine rings is 1. The van der Waals surface area contributed by atoms with Crippen molar-refractivity contribution in [3.05, 3.63) is 30.1 Å². The number of likely N-dealkylation sites (tertiary alicyclic amines) is 1. The highest BCUT2D eigenvalue weighted by molar-refractivity contribution is 5.03. The third kappa shape index (κ3) is 3.29. The normalized spacial score (nSPS) is 22.2.